The van der Waals surface area contributed by atoms with Crippen LogP contribution in [0.4, 0.5) is 13.2 Å². The summed E-state index contributed by atoms with van der Waals surface area (Å²) >= 11 is 0. The van der Waals surface area contributed by atoms with E-state index in [9.17, 15) is 13.2 Å². The van der Waals surface area contributed by atoms with Crippen molar-refractivity contribution in [2.45, 2.75) is 45.7 Å². The third kappa shape index (κ3) is 4.53. The topological polar surface area (TPSA) is 31.4 Å². The highest BCUT2D eigenvalue weighted by molar-refractivity contribution is 5.75. The molecule has 0 atom stereocenters. The second-order valence-electron chi connectivity index (χ2n) is 7.62. The lowest BCUT2D eigenvalue weighted by atomic mass is 9.91. The van der Waals surface area contributed by atoms with Crippen molar-refractivity contribution in [2.75, 3.05) is 6.61 Å². The predicted octanol–water partition coefficient (Wildman–Crippen LogP) is 7.15. The molecule has 3 nitrogen and oxygen atoms in total. The first kappa shape index (κ1) is 21.2. The summed E-state index contributed by atoms with van der Waals surface area (Å²) in [5.74, 6) is 1.50. The van der Waals surface area contributed by atoms with Gasteiger partial charge < -0.3 is 9.47 Å². The molecule has 0 saturated carbocycles. The van der Waals surface area contributed by atoms with E-state index in [-0.39, 0.29) is 5.75 Å². The number of rotatable bonds is 5. The maximum Gasteiger partial charge on any atom is 0.416 e. The van der Waals surface area contributed by atoms with E-state index in [2.05, 4.69) is 0 Å². The van der Waals surface area contributed by atoms with Gasteiger partial charge in [-0.3, -0.25) is 4.98 Å². The smallest absolute Gasteiger partial charge is 0.416 e. The molecular formula is C25H24F3NO2. The summed E-state index contributed by atoms with van der Waals surface area (Å²) in [5, 5.41) is 0. The quantitative estimate of drug-likeness (QED) is 0.433. The van der Waals surface area contributed by atoms with Crippen molar-refractivity contribution in [3.05, 3.63) is 71.0 Å². The third-order valence-electron chi connectivity index (χ3n) is 5.43. The molecule has 2 aromatic carbocycles. The first-order valence-electron chi connectivity index (χ1n) is 10.5. The van der Waals surface area contributed by atoms with E-state index < -0.39 is 11.7 Å². The number of ether oxygens (including phenoxy) is 2. The number of aromatic nitrogens is 1. The number of halogens is 3. The number of hydrogen-bond donors (Lipinski definition) is 0. The molecule has 31 heavy (non-hydrogen) atoms. The fourth-order valence-corrected chi connectivity index (χ4v) is 4.04. The van der Waals surface area contributed by atoms with Gasteiger partial charge in [-0.2, -0.15) is 13.2 Å². The van der Waals surface area contributed by atoms with Crippen molar-refractivity contribution >= 4 is 0 Å². The van der Waals surface area contributed by atoms with Crippen molar-refractivity contribution in [1.29, 1.82) is 0 Å². The molecule has 0 aliphatic heterocycles. The Hall–Kier alpha value is -3.02. The fraction of sp³-hybridized carbons (Fsp3) is 0.320. The van der Waals surface area contributed by atoms with Crippen LogP contribution < -0.4 is 9.47 Å². The first-order valence-corrected chi connectivity index (χ1v) is 10.5. The minimum atomic E-state index is -4.41. The number of pyridine rings is 1. The van der Waals surface area contributed by atoms with Gasteiger partial charge >= 0.3 is 6.18 Å². The number of nitrogens with zero attached hydrogens (tertiary/aromatic N) is 1. The third-order valence-corrected chi connectivity index (χ3v) is 5.43. The van der Waals surface area contributed by atoms with Crippen molar-refractivity contribution in [3.8, 4) is 28.4 Å². The molecule has 6 heteroatoms. The van der Waals surface area contributed by atoms with Gasteiger partial charge in [0.25, 0.3) is 0 Å². The van der Waals surface area contributed by atoms with Crippen LogP contribution in [0, 0.1) is 6.92 Å². The zero-order valence-corrected chi connectivity index (χ0v) is 17.6. The van der Waals surface area contributed by atoms with Crippen molar-refractivity contribution < 1.29 is 22.6 Å². The van der Waals surface area contributed by atoms with E-state index >= 15 is 0 Å². The van der Waals surface area contributed by atoms with Crippen LogP contribution >= 0.6 is 0 Å². The highest BCUT2D eigenvalue weighted by atomic mass is 19.4. The SMILES string of the molecule is CCOc1c2c(nc(C)c1-c1ccc(Oc3cccc(C(F)(F)F)c3)cc1)CCCC2. The molecule has 0 fully saturated rings. The van der Waals surface area contributed by atoms with E-state index in [1.165, 1.54) is 17.7 Å². The number of alkyl halides is 3. The second kappa shape index (κ2) is 8.61. The molecule has 0 radical (unpaired) electrons. The molecule has 1 aliphatic rings. The van der Waals surface area contributed by atoms with Gasteiger partial charge in [-0.05, 0) is 75.4 Å². The average molecular weight is 427 g/mol. The lowest BCUT2D eigenvalue weighted by Crippen LogP contribution is -2.11. The Labute approximate surface area is 179 Å². The monoisotopic (exact) mass is 427 g/mol. The predicted molar refractivity (Wildman–Crippen MR) is 114 cm³/mol. The van der Waals surface area contributed by atoms with Gasteiger partial charge in [0.2, 0.25) is 0 Å². The van der Waals surface area contributed by atoms with Crippen LogP contribution in [0.15, 0.2) is 48.5 Å². The van der Waals surface area contributed by atoms with E-state index in [1.54, 1.807) is 12.1 Å². The van der Waals surface area contributed by atoms with Crippen molar-refractivity contribution in [1.82, 2.24) is 4.98 Å². The van der Waals surface area contributed by atoms with Crippen LogP contribution in [0.3, 0.4) is 0 Å². The Morgan fingerprint density at radius 3 is 2.42 bits per heavy atom. The molecule has 0 N–H and O–H groups in total. The lowest BCUT2D eigenvalue weighted by Gasteiger charge is -2.23. The largest absolute Gasteiger partial charge is 0.493 e. The molecular weight excluding hydrogens is 403 g/mol. The minimum Gasteiger partial charge on any atom is -0.493 e. The Morgan fingerprint density at radius 1 is 0.968 bits per heavy atom. The van der Waals surface area contributed by atoms with Crippen LogP contribution in [-0.2, 0) is 19.0 Å². The maximum atomic E-state index is 12.9. The Kier molecular flexibility index (Phi) is 5.90. The summed E-state index contributed by atoms with van der Waals surface area (Å²) < 4.78 is 50.5. The standard InChI is InChI=1S/C25H24F3NO2/c1-3-30-24-21-9-4-5-10-22(21)29-16(2)23(24)17-11-13-19(14-12-17)31-20-8-6-7-18(15-20)25(26,27)28/h6-8,11-15H,3-5,9-10H2,1-2H3. The normalized spacial score (nSPS) is 13.6. The van der Waals surface area contributed by atoms with Gasteiger partial charge in [-0.25, -0.2) is 0 Å². The van der Waals surface area contributed by atoms with Crippen molar-refractivity contribution in [2.24, 2.45) is 0 Å². The Morgan fingerprint density at radius 2 is 1.71 bits per heavy atom. The summed E-state index contributed by atoms with van der Waals surface area (Å²) in [6, 6.07) is 12.2. The molecule has 162 valence electrons. The number of hydrogen-bond acceptors (Lipinski definition) is 3. The molecule has 0 spiro atoms. The van der Waals surface area contributed by atoms with Gasteiger partial charge in [0.15, 0.2) is 0 Å². The molecule has 1 heterocycles. The fourth-order valence-electron chi connectivity index (χ4n) is 4.04. The molecule has 0 saturated heterocycles. The Balaban J connectivity index is 1.65. The maximum absolute atomic E-state index is 12.9. The number of benzene rings is 2. The van der Waals surface area contributed by atoms with E-state index in [0.717, 1.165) is 66.1 Å². The average Bonchev–Trinajstić information content (AvgIpc) is 2.74. The van der Waals surface area contributed by atoms with E-state index in [1.807, 2.05) is 26.0 Å². The van der Waals surface area contributed by atoms with Crippen LogP contribution in [0.2, 0.25) is 0 Å². The van der Waals surface area contributed by atoms with Gasteiger partial charge in [0, 0.05) is 22.5 Å². The van der Waals surface area contributed by atoms with Crippen molar-refractivity contribution in [3.63, 3.8) is 0 Å². The minimum absolute atomic E-state index is 0.143. The Bertz CT molecular complexity index is 1080. The molecule has 4 rings (SSSR count). The second-order valence-corrected chi connectivity index (χ2v) is 7.62. The van der Waals surface area contributed by atoms with Gasteiger partial charge in [0.1, 0.15) is 17.2 Å². The molecule has 0 bridgehead atoms. The lowest BCUT2D eigenvalue weighted by molar-refractivity contribution is -0.137. The summed E-state index contributed by atoms with van der Waals surface area (Å²) in [6.45, 7) is 4.53. The first-order chi connectivity index (χ1) is 14.9. The molecule has 0 amide bonds. The summed E-state index contributed by atoms with van der Waals surface area (Å²) in [5.41, 5.74) is 4.40. The highest BCUT2D eigenvalue weighted by Gasteiger charge is 2.30. The van der Waals surface area contributed by atoms with Crippen LogP contribution in [0.25, 0.3) is 11.1 Å². The summed E-state index contributed by atoms with van der Waals surface area (Å²) in [6.07, 6.45) is -0.204. The van der Waals surface area contributed by atoms with E-state index in [4.69, 9.17) is 14.5 Å². The molecule has 1 aliphatic carbocycles. The van der Waals surface area contributed by atoms with Crippen LogP contribution in [0.5, 0.6) is 17.2 Å². The van der Waals surface area contributed by atoms with Gasteiger partial charge in [0.05, 0.1) is 12.2 Å². The molecule has 1 aromatic heterocycles. The van der Waals surface area contributed by atoms with Crippen LogP contribution in [0.1, 0.15) is 42.3 Å². The summed E-state index contributed by atoms with van der Waals surface area (Å²) in [4.78, 5) is 4.84. The highest BCUT2D eigenvalue weighted by Crippen LogP contribution is 2.40. The van der Waals surface area contributed by atoms with Crippen LogP contribution in [-0.4, -0.2) is 11.6 Å². The van der Waals surface area contributed by atoms with Gasteiger partial charge in [-0.15, -0.1) is 0 Å². The van der Waals surface area contributed by atoms with E-state index in [0.29, 0.717) is 12.4 Å². The van der Waals surface area contributed by atoms with Gasteiger partial charge in [-0.1, -0.05) is 18.2 Å². The molecule has 3 aromatic rings. The zero-order chi connectivity index (χ0) is 22.0. The number of aryl methyl sites for hydroxylation is 2. The zero-order valence-electron chi connectivity index (χ0n) is 17.6. The number of fused-ring (bicyclic) bond motifs is 1. The summed E-state index contributed by atoms with van der Waals surface area (Å²) in [7, 11) is 0. The molecule has 0 unspecified atom stereocenters.